The van der Waals surface area contributed by atoms with Crippen LogP contribution in [0.5, 0.6) is 0 Å². The van der Waals surface area contributed by atoms with E-state index in [-0.39, 0.29) is 0 Å². The molecule has 0 aromatic heterocycles. The van der Waals surface area contributed by atoms with Crippen LogP contribution in [-0.4, -0.2) is 73.4 Å². The Morgan fingerprint density at radius 2 is 1.76 bits per heavy atom. The first kappa shape index (κ1) is 17.2. The van der Waals surface area contributed by atoms with Crippen molar-refractivity contribution in [3.05, 3.63) is 0 Å². The number of nitrogens with one attached hydrogen (secondary N) is 1. The predicted molar refractivity (Wildman–Crippen MR) is 88.6 cm³/mol. The third-order valence-electron chi connectivity index (χ3n) is 5.16. The second kappa shape index (κ2) is 9.78. The van der Waals surface area contributed by atoms with E-state index in [0.717, 1.165) is 31.6 Å². The molecule has 4 nitrogen and oxygen atoms in total. The van der Waals surface area contributed by atoms with Gasteiger partial charge in [-0.2, -0.15) is 0 Å². The Balaban J connectivity index is 1.78. The van der Waals surface area contributed by atoms with Crippen LogP contribution in [0.3, 0.4) is 0 Å². The zero-order valence-electron chi connectivity index (χ0n) is 13.9. The highest BCUT2D eigenvalue weighted by Crippen LogP contribution is 2.25. The molecule has 1 saturated heterocycles. The van der Waals surface area contributed by atoms with E-state index in [1.165, 1.54) is 64.7 Å². The van der Waals surface area contributed by atoms with Crippen LogP contribution < -0.4 is 5.32 Å². The van der Waals surface area contributed by atoms with E-state index in [1.807, 2.05) is 0 Å². The van der Waals surface area contributed by atoms with Gasteiger partial charge in [-0.1, -0.05) is 19.8 Å². The lowest BCUT2D eigenvalue weighted by molar-refractivity contribution is 0.164. The molecule has 0 radical (unpaired) electrons. The van der Waals surface area contributed by atoms with E-state index in [1.54, 1.807) is 0 Å². The van der Waals surface area contributed by atoms with Crippen LogP contribution in [0.1, 0.15) is 45.4 Å². The second-order valence-electron chi connectivity index (χ2n) is 6.82. The fourth-order valence-corrected chi connectivity index (χ4v) is 3.93. The summed E-state index contributed by atoms with van der Waals surface area (Å²) in [5.74, 6) is 0.842. The summed E-state index contributed by atoms with van der Waals surface area (Å²) in [6, 6.07) is 0.746. The number of aliphatic hydroxyl groups is 1. The maximum absolute atomic E-state index is 9.09. The molecule has 1 aliphatic carbocycles. The highest BCUT2D eigenvalue weighted by Gasteiger charge is 2.27. The Morgan fingerprint density at radius 3 is 2.57 bits per heavy atom. The fraction of sp³-hybridized carbons (Fsp3) is 1.00. The summed E-state index contributed by atoms with van der Waals surface area (Å²) < 4.78 is 0. The maximum atomic E-state index is 9.09. The monoisotopic (exact) mass is 297 g/mol. The number of β-amino-alcohol motifs (C(OH)–C–C–N with tert-alkyl or cyclic N) is 1. The van der Waals surface area contributed by atoms with Crippen LogP contribution in [0.4, 0.5) is 0 Å². The lowest BCUT2D eigenvalue weighted by Gasteiger charge is -2.36. The minimum Gasteiger partial charge on any atom is -0.395 e. The summed E-state index contributed by atoms with van der Waals surface area (Å²) in [7, 11) is 0. The molecule has 0 spiro atoms. The molecule has 0 aromatic carbocycles. The number of hydrogen-bond donors (Lipinski definition) is 2. The van der Waals surface area contributed by atoms with Crippen LogP contribution in [0.15, 0.2) is 0 Å². The van der Waals surface area contributed by atoms with Gasteiger partial charge in [-0.25, -0.2) is 0 Å². The van der Waals surface area contributed by atoms with E-state index in [2.05, 4.69) is 22.0 Å². The van der Waals surface area contributed by atoms with Crippen molar-refractivity contribution in [3.8, 4) is 0 Å². The van der Waals surface area contributed by atoms with E-state index < -0.39 is 0 Å². The van der Waals surface area contributed by atoms with Gasteiger partial charge in [0.2, 0.25) is 0 Å². The van der Waals surface area contributed by atoms with Gasteiger partial charge in [0.05, 0.1) is 6.61 Å². The predicted octanol–water partition coefficient (Wildman–Crippen LogP) is 1.54. The Kier molecular flexibility index (Phi) is 8.01. The molecular formula is C17H35N3O. The molecular weight excluding hydrogens is 262 g/mol. The molecule has 2 N–H and O–H groups in total. The van der Waals surface area contributed by atoms with Gasteiger partial charge in [0.1, 0.15) is 0 Å². The average Bonchev–Trinajstić information content (AvgIpc) is 2.72. The number of aliphatic hydroxyl groups excluding tert-OH is 1. The van der Waals surface area contributed by atoms with Crippen molar-refractivity contribution in [3.63, 3.8) is 0 Å². The number of rotatable bonds is 7. The van der Waals surface area contributed by atoms with Crippen LogP contribution in [-0.2, 0) is 0 Å². The molecule has 2 aliphatic rings. The lowest BCUT2D eigenvalue weighted by Crippen LogP contribution is -2.45. The normalized spacial score (nSPS) is 29.4. The highest BCUT2D eigenvalue weighted by atomic mass is 16.3. The zero-order chi connectivity index (χ0) is 14.9. The van der Waals surface area contributed by atoms with Crippen molar-refractivity contribution in [1.29, 1.82) is 0 Å². The summed E-state index contributed by atoms with van der Waals surface area (Å²) in [4.78, 5) is 5.08. The smallest absolute Gasteiger partial charge is 0.0558 e. The van der Waals surface area contributed by atoms with Gasteiger partial charge in [0, 0.05) is 32.2 Å². The van der Waals surface area contributed by atoms with Crippen molar-refractivity contribution < 1.29 is 5.11 Å². The molecule has 1 heterocycles. The van der Waals surface area contributed by atoms with Crippen molar-refractivity contribution in [1.82, 2.24) is 15.1 Å². The first-order chi connectivity index (χ1) is 10.3. The molecule has 2 unspecified atom stereocenters. The van der Waals surface area contributed by atoms with E-state index in [9.17, 15) is 0 Å². The Bertz CT molecular complexity index is 275. The summed E-state index contributed by atoms with van der Waals surface area (Å²) in [5.41, 5.74) is 0. The van der Waals surface area contributed by atoms with Crippen LogP contribution >= 0.6 is 0 Å². The van der Waals surface area contributed by atoms with Crippen LogP contribution in [0.2, 0.25) is 0 Å². The van der Waals surface area contributed by atoms with Crippen molar-refractivity contribution in [2.45, 2.75) is 51.5 Å². The Morgan fingerprint density at radius 1 is 1.00 bits per heavy atom. The SMILES string of the molecule is CCCNC1CCCCC1CN1CCCN(CCO)CC1. The lowest BCUT2D eigenvalue weighted by atomic mass is 9.84. The quantitative estimate of drug-likeness (QED) is 0.748. The molecule has 2 rings (SSSR count). The first-order valence-corrected chi connectivity index (χ1v) is 9.12. The van der Waals surface area contributed by atoms with Crippen LogP contribution in [0.25, 0.3) is 0 Å². The molecule has 2 fully saturated rings. The van der Waals surface area contributed by atoms with E-state index >= 15 is 0 Å². The maximum Gasteiger partial charge on any atom is 0.0558 e. The Hall–Kier alpha value is -0.160. The van der Waals surface area contributed by atoms with Gasteiger partial charge in [0.15, 0.2) is 0 Å². The molecule has 0 amide bonds. The van der Waals surface area contributed by atoms with Gasteiger partial charge in [-0.15, -0.1) is 0 Å². The second-order valence-corrected chi connectivity index (χ2v) is 6.82. The summed E-state index contributed by atoms with van der Waals surface area (Å²) in [5, 5.41) is 12.9. The van der Waals surface area contributed by atoms with Gasteiger partial charge in [-0.05, 0) is 51.2 Å². The van der Waals surface area contributed by atoms with Gasteiger partial charge in [0.25, 0.3) is 0 Å². The zero-order valence-corrected chi connectivity index (χ0v) is 13.9. The molecule has 0 bridgehead atoms. The molecule has 21 heavy (non-hydrogen) atoms. The standard InChI is InChI=1S/C17H35N3O/c1-2-8-18-17-7-4-3-6-16(17)15-20-10-5-9-19(11-12-20)13-14-21/h16-18,21H,2-15H2,1H3. The minimum absolute atomic E-state index is 0.297. The third kappa shape index (κ3) is 5.85. The van der Waals surface area contributed by atoms with Crippen LogP contribution in [0, 0.1) is 5.92 Å². The third-order valence-corrected chi connectivity index (χ3v) is 5.16. The van der Waals surface area contributed by atoms with Gasteiger partial charge < -0.3 is 15.3 Å². The average molecular weight is 297 g/mol. The van der Waals surface area contributed by atoms with E-state index in [0.29, 0.717) is 6.61 Å². The fourth-order valence-electron chi connectivity index (χ4n) is 3.93. The largest absolute Gasteiger partial charge is 0.395 e. The molecule has 1 saturated carbocycles. The number of hydrogen-bond acceptors (Lipinski definition) is 4. The molecule has 0 aromatic rings. The number of nitrogens with zero attached hydrogens (tertiary/aromatic N) is 2. The molecule has 2 atom stereocenters. The topological polar surface area (TPSA) is 38.7 Å². The first-order valence-electron chi connectivity index (χ1n) is 9.12. The molecule has 4 heteroatoms. The van der Waals surface area contributed by atoms with Crippen molar-refractivity contribution in [2.75, 3.05) is 52.4 Å². The Labute approximate surface area is 130 Å². The summed E-state index contributed by atoms with van der Waals surface area (Å²) in [6.45, 7) is 10.5. The minimum atomic E-state index is 0.297. The van der Waals surface area contributed by atoms with Gasteiger partial charge >= 0.3 is 0 Å². The van der Waals surface area contributed by atoms with E-state index in [4.69, 9.17) is 5.11 Å². The summed E-state index contributed by atoms with van der Waals surface area (Å²) in [6.07, 6.45) is 8.08. The van der Waals surface area contributed by atoms with Crippen molar-refractivity contribution >= 4 is 0 Å². The highest BCUT2D eigenvalue weighted by molar-refractivity contribution is 4.84. The molecule has 1 aliphatic heterocycles. The summed E-state index contributed by atoms with van der Waals surface area (Å²) >= 11 is 0. The van der Waals surface area contributed by atoms with Gasteiger partial charge in [-0.3, -0.25) is 4.90 Å². The van der Waals surface area contributed by atoms with Crippen molar-refractivity contribution in [2.24, 2.45) is 5.92 Å². The molecule has 124 valence electrons.